The normalized spacial score (nSPS) is 20.4. The molecule has 170 valence electrons. The maximum atomic E-state index is 12.4. The number of alkyl carbamates (subject to hydrolysis) is 1. The fraction of sp³-hybridized carbons (Fsp3) is 0.773. The van der Waals surface area contributed by atoms with E-state index in [0.29, 0.717) is 38.5 Å². The number of aliphatic hydroxyl groups is 1. The monoisotopic (exact) mass is 423 g/mol. The second-order valence-electron chi connectivity index (χ2n) is 9.00. The number of ether oxygens (including phenoxy) is 2. The molecule has 1 aromatic rings. The highest BCUT2D eigenvalue weighted by Crippen LogP contribution is 2.28. The maximum Gasteiger partial charge on any atom is 0.407 e. The molecule has 30 heavy (non-hydrogen) atoms. The van der Waals surface area contributed by atoms with Crippen LogP contribution in [-0.4, -0.2) is 51.6 Å². The van der Waals surface area contributed by atoms with Crippen LogP contribution in [-0.2, 0) is 20.7 Å². The molecule has 1 aliphatic carbocycles. The molecule has 1 amide bonds. The average Bonchev–Trinajstić information content (AvgIpc) is 3.12. The third-order valence-electron chi connectivity index (χ3n) is 5.22. The Morgan fingerprint density at radius 2 is 2.00 bits per heavy atom. The van der Waals surface area contributed by atoms with Gasteiger partial charge in [-0.2, -0.15) is 0 Å². The van der Waals surface area contributed by atoms with Gasteiger partial charge in [0.2, 0.25) is 0 Å². The number of carbonyl (C=O) groups excluding carboxylic acids is 2. The van der Waals surface area contributed by atoms with Crippen LogP contribution in [0.5, 0.6) is 0 Å². The third-order valence-corrected chi connectivity index (χ3v) is 5.22. The van der Waals surface area contributed by atoms with E-state index in [9.17, 15) is 14.7 Å². The number of amides is 1. The van der Waals surface area contributed by atoms with Crippen LogP contribution in [0.4, 0.5) is 4.79 Å². The van der Waals surface area contributed by atoms with Crippen molar-refractivity contribution in [1.29, 1.82) is 0 Å². The van der Waals surface area contributed by atoms with E-state index in [0.717, 1.165) is 31.4 Å². The summed E-state index contributed by atoms with van der Waals surface area (Å²) in [7, 11) is 0. The van der Waals surface area contributed by atoms with Crippen LogP contribution < -0.4 is 5.32 Å². The van der Waals surface area contributed by atoms with Crippen LogP contribution in [0, 0.1) is 5.92 Å². The van der Waals surface area contributed by atoms with Gasteiger partial charge < -0.3 is 24.5 Å². The van der Waals surface area contributed by atoms with Crippen LogP contribution in [0.2, 0.25) is 0 Å². The highest BCUT2D eigenvalue weighted by Gasteiger charge is 2.24. The van der Waals surface area contributed by atoms with E-state index >= 15 is 0 Å². The van der Waals surface area contributed by atoms with Gasteiger partial charge in [0.15, 0.2) is 0 Å². The van der Waals surface area contributed by atoms with Gasteiger partial charge in [-0.05, 0) is 66.2 Å². The number of carbonyl (C=O) groups is 2. The molecular weight excluding hydrogens is 386 g/mol. The van der Waals surface area contributed by atoms with Gasteiger partial charge in [0.25, 0.3) is 0 Å². The van der Waals surface area contributed by atoms with Crippen LogP contribution in [0.1, 0.15) is 78.0 Å². The Kier molecular flexibility index (Phi) is 9.14. The van der Waals surface area contributed by atoms with Crippen LogP contribution >= 0.6 is 0 Å². The fourth-order valence-corrected chi connectivity index (χ4v) is 3.71. The summed E-state index contributed by atoms with van der Waals surface area (Å²) in [6.45, 7) is 8.02. The van der Waals surface area contributed by atoms with Crippen molar-refractivity contribution < 1.29 is 24.2 Å². The number of rotatable bonds is 9. The molecule has 0 aliphatic heterocycles. The Hall–Kier alpha value is -2.09. The highest BCUT2D eigenvalue weighted by molar-refractivity contribution is 5.72. The van der Waals surface area contributed by atoms with E-state index in [2.05, 4.69) is 14.9 Å². The van der Waals surface area contributed by atoms with Crippen molar-refractivity contribution in [2.45, 2.75) is 90.4 Å². The van der Waals surface area contributed by atoms with Gasteiger partial charge in [0.05, 0.1) is 30.7 Å². The summed E-state index contributed by atoms with van der Waals surface area (Å²) in [5, 5.41) is 12.4. The molecule has 0 aromatic carbocycles. The molecule has 1 aromatic heterocycles. The molecule has 0 saturated heterocycles. The summed E-state index contributed by atoms with van der Waals surface area (Å²) in [5.41, 5.74) is 0.326. The highest BCUT2D eigenvalue weighted by atomic mass is 16.6. The number of esters is 1. The summed E-state index contributed by atoms with van der Waals surface area (Å²) >= 11 is 0. The van der Waals surface area contributed by atoms with Gasteiger partial charge in [0.1, 0.15) is 5.60 Å². The van der Waals surface area contributed by atoms with Crippen LogP contribution in [0.25, 0.3) is 0 Å². The Balaban J connectivity index is 1.86. The van der Waals surface area contributed by atoms with E-state index in [-0.39, 0.29) is 18.0 Å². The van der Waals surface area contributed by atoms with E-state index in [1.807, 2.05) is 33.3 Å². The Bertz CT molecular complexity index is 675. The first kappa shape index (κ1) is 24.2. The van der Waals surface area contributed by atoms with Gasteiger partial charge in [0, 0.05) is 25.2 Å². The van der Waals surface area contributed by atoms with Crippen molar-refractivity contribution in [3.05, 3.63) is 18.2 Å². The Labute approximate surface area is 179 Å². The van der Waals surface area contributed by atoms with E-state index in [1.165, 1.54) is 0 Å². The largest absolute Gasteiger partial charge is 0.466 e. The van der Waals surface area contributed by atoms with Crippen molar-refractivity contribution in [2.75, 3.05) is 13.2 Å². The number of nitrogens with zero attached hydrogens (tertiary/aromatic N) is 2. The first-order chi connectivity index (χ1) is 14.2. The number of hydrogen-bond donors (Lipinski definition) is 2. The van der Waals surface area contributed by atoms with Gasteiger partial charge >= 0.3 is 12.1 Å². The quantitative estimate of drug-likeness (QED) is 0.466. The van der Waals surface area contributed by atoms with Gasteiger partial charge in [-0.15, -0.1) is 0 Å². The lowest BCUT2D eigenvalue weighted by Crippen LogP contribution is -2.33. The van der Waals surface area contributed by atoms with Gasteiger partial charge in [-0.25, -0.2) is 9.78 Å². The lowest BCUT2D eigenvalue weighted by atomic mass is 9.93. The molecule has 8 heteroatoms. The van der Waals surface area contributed by atoms with Crippen LogP contribution in [0.3, 0.4) is 0 Å². The topological polar surface area (TPSA) is 103 Å². The second kappa shape index (κ2) is 11.3. The summed E-state index contributed by atoms with van der Waals surface area (Å²) in [5.74, 6) is -0.535. The first-order valence-corrected chi connectivity index (χ1v) is 11.0. The molecule has 2 rings (SSSR count). The average molecular weight is 424 g/mol. The molecule has 1 heterocycles. The maximum absolute atomic E-state index is 12.4. The minimum atomic E-state index is -0.535. The smallest absolute Gasteiger partial charge is 0.407 e. The predicted octanol–water partition coefficient (Wildman–Crippen LogP) is 3.39. The number of aromatic nitrogens is 2. The lowest BCUT2D eigenvalue weighted by molar-refractivity contribution is -0.148. The van der Waals surface area contributed by atoms with Crippen molar-refractivity contribution >= 4 is 12.1 Å². The standard InChI is InChI=1S/C22H37N3O5/c1-5-29-20(27)16(7-6-12-23-21(28)30-22(2,3)4)13-17-14-25(15-24-17)18-8-10-19(26)11-9-18/h14-16,18-19,26H,5-13H2,1-4H3,(H,23,28). The number of nitrogens with one attached hydrogen (secondary N) is 1. The van der Waals surface area contributed by atoms with Gasteiger partial charge in [-0.1, -0.05) is 0 Å². The van der Waals surface area contributed by atoms with E-state index in [1.54, 1.807) is 6.92 Å². The summed E-state index contributed by atoms with van der Waals surface area (Å²) in [6.07, 6.45) is 8.44. The zero-order valence-corrected chi connectivity index (χ0v) is 18.7. The van der Waals surface area contributed by atoms with E-state index in [4.69, 9.17) is 9.47 Å². The number of hydrogen-bond acceptors (Lipinski definition) is 6. The fourth-order valence-electron chi connectivity index (χ4n) is 3.71. The Morgan fingerprint density at radius 1 is 1.30 bits per heavy atom. The molecule has 2 N–H and O–H groups in total. The summed E-state index contributed by atoms with van der Waals surface area (Å²) in [4.78, 5) is 28.7. The molecule has 0 bridgehead atoms. The van der Waals surface area contributed by atoms with Crippen molar-refractivity contribution in [3.8, 4) is 0 Å². The molecule has 1 atom stereocenters. The zero-order chi connectivity index (χ0) is 22.1. The molecule has 1 unspecified atom stereocenters. The second-order valence-corrected chi connectivity index (χ2v) is 9.00. The lowest BCUT2D eigenvalue weighted by Gasteiger charge is -2.26. The molecule has 8 nitrogen and oxygen atoms in total. The molecule has 1 aliphatic rings. The Morgan fingerprint density at radius 3 is 2.63 bits per heavy atom. The SMILES string of the molecule is CCOC(=O)C(CCCNC(=O)OC(C)(C)C)Cc1cn(C2CCC(O)CC2)cn1. The zero-order valence-electron chi connectivity index (χ0n) is 18.7. The molecular formula is C22H37N3O5. The molecule has 0 radical (unpaired) electrons. The van der Waals surface area contributed by atoms with Crippen molar-refractivity contribution in [3.63, 3.8) is 0 Å². The third kappa shape index (κ3) is 8.34. The first-order valence-electron chi connectivity index (χ1n) is 11.0. The summed E-state index contributed by atoms with van der Waals surface area (Å²) in [6, 6.07) is 0.355. The number of imidazole rings is 1. The minimum absolute atomic E-state index is 0.188. The molecule has 1 fully saturated rings. The molecule has 1 saturated carbocycles. The molecule has 0 spiro atoms. The summed E-state index contributed by atoms with van der Waals surface area (Å²) < 4.78 is 12.6. The van der Waals surface area contributed by atoms with Gasteiger partial charge in [-0.3, -0.25) is 4.79 Å². The minimum Gasteiger partial charge on any atom is -0.466 e. The van der Waals surface area contributed by atoms with Crippen molar-refractivity contribution in [2.24, 2.45) is 5.92 Å². The number of aliphatic hydroxyl groups excluding tert-OH is 1. The van der Waals surface area contributed by atoms with Crippen molar-refractivity contribution in [1.82, 2.24) is 14.9 Å². The van der Waals surface area contributed by atoms with Crippen LogP contribution in [0.15, 0.2) is 12.5 Å². The van der Waals surface area contributed by atoms with E-state index < -0.39 is 11.7 Å². The predicted molar refractivity (Wildman–Crippen MR) is 113 cm³/mol.